The Kier molecular flexibility index (Phi) is 10.3. The van der Waals surface area contributed by atoms with Crippen molar-refractivity contribution in [2.24, 2.45) is 0 Å². The maximum Gasteiger partial charge on any atom is 0.304 e. The van der Waals surface area contributed by atoms with Crippen molar-refractivity contribution in [1.29, 1.82) is 0 Å². The lowest BCUT2D eigenvalue weighted by Crippen LogP contribution is -2.28. The molecule has 0 spiro atoms. The lowest BCUT2D eigenvalue weighted by Gasteiger charge is -2.21. The van der Waals surface area contributed by atoms with Crippen molar-refractivity contribution in [2.45, 2.75) is 52.5 Å². The van der Waals surface area contributed by atoms with Gasteiger partial charge in [0.25, 0.3) is 0 Å². The fraction of sp³-hybridized carbons (Fsp3) is 0.476. The first-order chi connectivity index (χ1) is 12.0. The number of unbranched alkanes of at least 4 members (excludes halogenated alkanes) is 2. The van der Waals surface area contributed by atoms with Crippen molar-refractivity contribution in [3.63, 3.8) is 0 Å². The first-order valence-electron chi connectivity index (χ1n) is 9.08. The van der Waals surface area contributed by atoms with Crippen LogP contribution in [0.1, 0.15) is 50.7 Å². The van der Waals surface area contributed by atoms with Crippen LogP contribution in [0.5, 0.6) is 0 Å². The Labute approximate surface area is 151 Å². The van der Waals surface area contributed by atoms with Crippen LogP contribution in [0.3, 0.4) is 0 Å². The van der Waals surface area contributed by atoms with Crippen LogP contribution < -0.4 is 0 Å². The van der Waals surface area contributed by atoms with E-state index in [4.69, 9.17) is 5.11 Å². The fourth-order valence-corrected chi connectivity index (χ4v) is 2.68. The molecule has 0 aromatic heterocycles. The summed E-state index contributed by atoms with van der Waals surface area (Å²) in [7, 11) is 0. The van der Waals surface area contributed by atoms with Gasteiger partial charge in [-0.2, -0.15) is 0 Å². The molecule has 0 atom stereocenters. The lowest BCUT2D eigenvalue weighted by atomic mass is 10.0. The number of hydrogen-bond donors (Lipinski definition) is 2. The van der Waals surface area contributed by atoms with E-state index < -0.39 is 5.97 Å². The molecule has 0 aliphatic heterocycles. The third-order valence-electron chi connectivity index (χ3n) is 3.98. The van der Waals surface area contributed by atoms with Gasteiger partial charge in [0, 0.05) is 13.1 Å². The molecule has 0 saturated heterocycles. The summed E-state index contributed by atoms with van der Waals surface area (Å²) < 4.78 is 0. The van der Waals surface area contributed by atoms with E-state index in [2.05, 4.69) is 31.2 Å². The fourth-order valence-electron chi connectivity index (χ4n) is 2.68. The van der Waals surface area contributed by atoms with Crippen molar-refractivity contribution < 1.29 is 15.0 Å². The number of aliphatic carboxylic acids is 1. The molecule has 0 heterocycles. The number of aliphatic hydroxyl groups is 1. The Bertz CT molecular complexity index is 578. The van der Waals surface area contributed by atoms with Crippen molar-refractivity contribution in [2.75, 3.05) is 13.1 Å². The molecule has 1 aromatic rings. The minimum absolute atomic E-state index is 0.0626. The molecule has 0 fully saturated rings. The van der Waals surface area contributed by atoms with Crippen LogP contribution in [0.25, 0.3) is 0 Å². The van der Waals surface area contributed by atoms with E-state index >= 15 is 0 Å². The molecule has 0 amide bonds. The van der Waals surface area contributed by atoms with Crippen LogP contribution >= 0.6 is 0 Å². The summed E-state index contributed by atoms with van der Waals surface area (Å²) in [5.41, 5.74) is 2.47. The highest BCUT2D eigenvalue weighted by atomic mass is 16.4. The highest BCUT2D eigenvalue weighted by molar-refractivity contribution is 5.66. The molecule has 0 aliphatic carbocycles. The number of aryl methyl sites for hydroxylation is 1. The third kappa shape index (κ3) is 9.72. The Morgan fingerprint density at radius 1 is 1.20 bits per heavy atom. The maximum absolute atomic E-state index is 10.9. The van der Waals surface area contributed by atoms with E-state index in [9.17, 15) is 9.90 Å². The number of carbonyl (C=O) groups is 1. The van der Waals surface area contributed by atoms with Gasteiger partial charge >= 0.3 is 5.97 Å². The third-order valence-corrected chi connectivity index (χ3v) is 3.98. The molecule has 2 N–H and O–H groups in total. The summed E-state index contributed by atoms with van der Waals surface area (Å²) >= 11 is 0. The second kappa shape index (κ2) is 12.3. The number of hydrogen-bond acceptors (Lipinski definition) is 3. The largest absolute Gasteiger partial charge is 0.511 e. The quantitative estimate of drug-likeness (QED) is 0.327. The molecule has 1 aromatic carbocycles. The first-order valence-corrected chi connectivity index (χ1v) is 9.08. The molecule has 25 heavy (non-hydrogen) atoms. The van der Waals surface area contributed by atoms with Crippen molar-refractivity contribution in [1.82, 2.24) is 4.90 Å². The summed E-state index contributed by atoms with van der Waals surface area (Å²) in [5.74, 6) is -0.585. The van der Waals surface area contributed by atoms with Crippen LogP contribution in [0.2, 0.25) is 0 Å². The second-order valence-electron chi connectivity index (χ2n) is 6.32. The standard InChI is InChI=1S/C21H31NO3/c1-3-5-7-9-18-10-8-11-19(15-18)16-22(14-13-21(24)25)17-20(23)12-6-4-2/h4,6,8,10-12,15,23H,3,5,7,9,13-14,16-17H2,1-2H3,(H,24,25)/b6-4+,20-12-. The van der Waals surface area contributed by atoms with Crippen LogP contribution in [0.4, 0.5) is 0 Å². The SMILES string of the molecule is C/C=C/C=C(\O)CN(CCC(=O)O)Cc1cccc(CCCCC)c1. The van der Waals surface area contributed by atoms with Gasteiger partial charge in [-0.25, -0.2) is 0 Å². The summed E-state index contributed by atoms with van der Waals surface area (Å²) in [6, 6.07) is 8.45. The topological polar surface area (TPSA) is 60.8 Å². The van der Waals surface area contributed by atoms with E-state index in [-0.39, 0.29) is 12.2 Å². The molecular weight excluding hydrogens is 314 g/mol. The van der Waals surface area contributed by atoms with Gasteiger partial charge in [0.2, 0.25) is 0 Å². The number of carboxylic acids is 1. The van der Waals surface area contributed by atoms with Gasteiger partial charge in [0.1, 0.15) is 5.76 Å². The molecular formula is C21H31NO3. The zero-order chi connectivity index (χ0) is 18.5. The van der Waals surface area contributed by atoms with Crippen LogP contribution in [-0.4, -0.2) is 34.2 Å². The summed E-state index contributed by atoms with van der Waals surface area (Å²) in [6.07, 6.45) is 10.0. The molecule has 0 radical (unpaired) electrons. The predicted octanol–water partition coefficient (Wildman–Crippen LogP) is 4.71. The molecule has 4 nitrogen and oxygen atoms in total. The number of rotatable bonds is 12. The van der Waals surface area contributed by atoms with E-state index in [0.717, 1.165) is 12.0 Å². The molecule has 0 unspecified atom stereocenters. The van der Waals surface area contributed by atoms with Gasteiger partial charge in [-0.1, -0.05) is 56.2 Å². The van der Waals surface area contributed by atoms with Gasteiger partial charge < -0.3 is 10.2 Å². The second-order valence-corrected chi connectivity index (χ2v) is 6.32. The monoisotopic (exact) mass is 345 g/mol. The molecule has 0 aliphatic rings. The Hall–Kier alpha value is -2.07. The zero-order valence-electron chi connectivity index (χ0n) is 15.4. The minimum Gasteiger partial charge on any atom is -0.511 e. The van der Waals surface area contributed by atoms with E-state index in [0.29, 0.717) is 19.6 Å². The smallest absolute Gasteiger partial charge is 0.304 e. The number of aliphatic hydroxyl groups excluding tert-OH is 1. The van der Waals surface area contributed by atoms with Gasteiger partial charge in [-0.15, -0.1) is 0 Å². The number of carboxylic acid groups (broad SMARTS) is 1. The zero-order valence-corrected chi connectivity index (χ0v) is 15.4. The average Bonchev–Trinajstić information content (AvgIpc) is 2.58. The van der Waals surface area contributed by atoms with E-state index in [1.165, 1.54) is 24.8 Å². The summed E-state index contributed by atoms with van der Waals surface area (Å²) in [5, 5.41) is 19.0. The van der Waals surface area contributed by atoms with Crippen LogP contribution in [0.15, 0.2) is 48.3 Å². The van der Waals surface area contributed by atoms with Crippen molar-refractivity contribution in [3.8, 4) is 0 Å². The Morgan fingerprint density at radius 3 is 2.64 bits per heavy atom. The maximum atomic E-state index is 10.9. The number of nitrogens with zero attached hydrogens (tertiary/aromatic N) is 1. The summed E-state index contributed by atoms with van der Waals surface area (Å²) in [6.45, 7) is 5.46. The van der Waals surface area contributed by atoms with E-state index in [1.54, 1.807) is 12.2 Å². The lowest BCUT2D eigenvalue weighted by molar-refractivity contribution is -0.137. The highest BCUT2D eigenvalue weighted by Crippen LogP contribution is 2.13. The average molecular weight is 345 g/mol. The Morgan fingerprint density at radius 2 is 1.96 bits per heavy atom. The Balaban J connectivity index is 2.74. The van der Waals surface area contributed by atoms with Crippen LogP contribution in [0, 0.1) is 0 Å². The van der Waals surface area contributed by atoms with Gasteiger partial charge in [0.15, 0.2) is 0 Å². The number of allylic oxidation sites excluding steroid dienone is 3. The predicted molar refractivity (Wildman–Crippen MR) is 103 cm³/mol. The molecule has 0 bridgehead atoms. The minimum atomic E-state index is -0.824. The van der Waals surface area contributed by atoms with Crippen molar-refractivity contribution >= 4 is 5.97 Å². The molecule has 1 rings (SSSR count). The highest BCUT2D eigenvalue weighted by Gasteiger charge is 2.10. The van der Waals surface area contributed by atoms with Gasteiger partial charge in [-0.05, 0) is 37.0 Å². The molecule has 0 saturated carbocycles. The van der Waals surface area contributed by atoms with Gasteiger partial charge in [-0.3, -0.25) is 9.69 Å². The normalized spacial score (nSPS) is 12.2. The van der Waals surface area contributed by atoms with Crippen LogP contribution in [-0.2, 0) is 17.8 Å². The summed E-state index contributed by atoms with van der Waals surface area (Å²) in [4.78, 5) is 12.9. The number of benzene rings is 1. The van der Waals surface area contributed by atoms with E-state index in [1.807, 2.05) is 17.9 Å². The molecule has 138 valence electrons. The van der Waals surface area contributed by atoms with Gasteiger partial charge in [0.05, 0.1) is 13.0 Å². The van der Waals surface area contributed by atoms with Crippen molar-refractivity contribution in [3.05, 3.63) is 59.4 Å². The first kappa shape index (κ1) is 21.0. The molecule has 4 heteroatoms.